The molecule has 1 aliphatic heterocycles. The number of urea groups is 1. The van der Waals surface area contributed by atoms with E-state index in [-0.39, 0.29) is 16.8 Å². The van der Waals surface area contributed by atoms with Gasteiger partial charge in [0.2, 0.25) is 10.0 Å². The van der Waals surface area contributed by atoms with E-state index in [4.69, 9.17) is 9.47 Å². The average Bonchev–Trinajstić information content (AvgIpc) is 2.78. The number of carbonyl (C=O) groups is 1. The van der Waals surface area contributed by atoms with E-state index >= 15 is 0 Å². The first-order chi connectivity index (χ1) is 14.4. The summed E-state index contributed by atoms with van der Waals surface area (Å²) in [5.74, 6) is 1.07. The topological polar surface area (TPSA) is 97.0 Å². The summed E-state index contributed by atoms with van der Waals surface area (Å²) in [5, 5.41) is 2.87. The van der Waals surface area contributed by atoms with Crippen LogP contribution in [0.15, 0.2) is 53.4 Å². The smallest absolute Gasteiger partial charge is 0.321 e. The lowest BCUT2D eigenvalue weighted by Crippen LogP contribution is -2.43. The Morgan fingerprint density at radius 2 is 1.60 bits per heavy atom. The van der Waals surface area contributed by atoms with Gasteiger partial charge in [-0.25, -0.2) is 17.9 Å². The van der Waals surface area contributed by atoms with Crippen molar-refractivity contribution in [1.82, 2.24) is 9.62 Å². The van der Waals surface area contributed by atoms with Crippen LogP contribution in [-0.2, 0) is 10.0 Å². The van der Waals surface area contributed by atoms with Crippen molar-refractivity contribution in [3.63, 3.8) is 0 Å². The van der Waals surface area contributed by atoms with Crippen molar-refractivity contribution in [1.29, 1.82) is 0 Å². The Balaban J connectivity index is 1.51. The van der Waals surface area contributed by atoms with E-state index in [9.17, 15) is 13.2 Å². The summed E-state index contributed by atoms with van der Waals surface area (Å²) in [4.78, 5) is 14.4. The molecule has 9 heteroatoms. The van der Waals surface area contributed by atoms with Gasteiger partial charge in [0, 0.05) is 19.6 Å². The quantitative estimate of drug-likeness (QED) is 0.700. The van der Waals surface area contributed by atoms with Gasteiger partial charge in [0.1, 0.15) is 16.4 Å². The summed E-state index contributed by atoms with van der Waals surface area (Å²) in [6.45, 7) is 1.44. The van der Waals surface area contributed by atoms with Gasteiger partial charge < -0.3 is 19.7 Å². The predicted octanol–water partition coefficient (Wildman–Crippen LogP) is 2.93. The number of piperidine rings is 1. The van der Waals surface area contributed by atoms with Gasteiger partial charge in [0.05, 0.1) is 19.9 Å². The number of ether oxygens (including phenoxy) is 2. The molecule has 0 bridgehead atoms. The van der Waals surface area contributed by atoms with E-state index in [1.165, 1.54) is 13.2 Å². The van der Waals surface area contributed by atoms with Crippen LogP contribution in [0.1, 0.15) is 12.8 Å². The number of carbonyl (C=O) groups excluding carboxylic acids is 1. The summed E-state index contributed by atoms with van der Waals surface area (Å²) in [5.41, 5.74) is 0.622. The molecule has 2 aromatic carbocycles. The molecule has 1 heterocycles. The Morgan fingerprint density at radius 3 is 2.27 bits per heavy atom. The minimum absolute atomic E-state index is 0.126. The molecule has 162 valence electrons. The first kappa shape index (κ1) is 21.9. The van der Waals surface area contributed by atoms with E-state index in [1.807, 2.05) is 12.1 Å². The van der Waals surface area contributed by atoms with Crippen molar-refractivity contribution < 1.29 is 22.7 Å². The zero-order valence-electron chi connectivity index (χ0n) is 17.1. The number of hydrogen-bond donors (Lipinski definition) is 2. The summed E-state index contributed by atoms with van der Waals surface area (Å²) < 4.78 is 38.3. The van der Waals surface area contributed by atoms with Crippen molar-refractivity contribution in [2.45, 2.75) is 17.7 Å². The van der Waals surface area contributed by atoms with Gasteiger partial charge in [-0.2, -0.15) is 0 Å². The Morgan fingerprint density at radius 1 is 1.00 bits per heavy atom. The molecule has 2 amide bonds. The van der Waals surface area contributed by atoms with Gasteiger partial charge in [-0.15, -0.1) is 0 Å². The molecule has 0 radical (unpaired) electrons. The molecule has 2 aromatic rings. The highest BCUT2D eigenvalue weighted by Gasteiger charge is 2.26. The molecule has 30 heavy (non-hydrogen) atoms. The molecule has 1 saturated heterocycles. The summed E-state index contributed by atoms with van der Waals surface area (Å²) in [7, 11) is -0.660. The lowest BCUT2D eigenvalue weighted by molar-refractivity contribution is 0.183. The number of methoxy groups -OCH3 is 2. The van der Waals surface area contributed by atoms with E-state index in [1.54, 1.807) is 42.3 Å². The molecule has 1 fully saturated rings. The highest BCUT2D eigenvalue weighted by molar-refractivity contribution is 7.89. The first-order valence-corrected chi connectivity index (χ1v) is 11.2. The molecule has 2 N–H and O–H groups in total. The molecule has 0 unspecified atom stereocenters. The standard InChI is InChI=1S/C21H27N3O5S/c1-28-18-8-4-3-7-17(18)23-21(25)24-13-11-16(12-14-24)15-22-30(26,27)20-10-6-5-9-19(20)29-2/h3-10,16,22H,11-15H2,1-2H3,(H,23,25). The number of hydrogen-bond acceptors (Lipinski definition) is 5. The van der Waals surface area contributed by atoms with E-state index in [0.717, 1.165) is 0 Å². The van der Waals surface area contributed by atoms with E-state index in [0.29, 0.717) is 49.7 Å². The Kier molecular flexibility index (Phi) is 7.17. The molecule has 0 saturated carbocycles. The van der Waals surface area contributed by atoms with Crippen molar-refractivity contribution in [3.05, 3.63) is 48.5 Å². The third-order valence-corrected chi connectivity index (χ3v) is 6.63. The average molecular weight is 434 g/mol. The lowest BCUT2D eigenvalue weighted by Gasteiger charge is -2.32. The number of nitrogens with zero attached hydrogens (tertiary/aromatic N) is 1. The number of rotatable bonds is 7. The highest BCUT2D eigenvalue weighted by atomic mass is 32.2. The van der Waals surface area contributed by atoms with Crippen molar-refractivity contribution in [2.24, 2.45) is 5.92 Å². The summed E-state index contributed by atoms with van der Waals surface area (Å²) in [6.07, 6.45) is 1.43. The van der Waals surface area contributed by atoms with Gasteiger partial charge >= 0.3 is 6.03 Å². The largest absolute Gasteiger partial charge is 0.495 e. The van der Waals surface area contributed by atoms with E-state index < -0.39 is 10.0 Å². The predicted molar refractivity (Wildman–Crippen MR) is 114 cm³/mol. The van der Waals surface area contributed by atoms with Crippen LogP contribution >= 0.6 is 0 Å². The summed E-state index contributed by atoms with van der Waals surface area (Å²) in [6, 6.07) is 13.6. The Bertz CT molecular complexity index is 972. The lowest BCUT2D eigenvalue weighted by atomic mass is 9.97. The number of para-hydroxylation sites is 3. The van der Waals surface area contributed by atoms with Gasteiger partial charge in [0.25, 0.3) is 0 Å². The third kappa shape index (κ3) is 5.22. The highest BCUT2D eigenvalue weighted by Crippen LogP contribution is 2.25. The maximum Gasteiger partial charge on any atom is 0.321 e. The molecule has 0 aromatic heterocycles. The van der Waals surface area contributed by atoms with Crippen LogP contribution in [0, 0.1) is 5.92 Å². The molecule has 8 nitrogen and oxygen atoms in total. The second-order valence-electron chi connectivity index (χ2n) is 7.06. The first-order valence-electron chi connectivity index (χ1n) is 9.76. The van der Waals surface area contributed by atoms with Crippen molar-refractivity contribution in [2.75, 3.05) is 39.2 Å². The molecule has 0 aliphatic carbocycles. The van der Waals surface area contributed by atoms with Gasteiger partial charge in [-0.1, -0.05) is 24.3 Å². The number of anilines is 1. The third-order valence-electron chi connectivity index (χ3n) is 5.17. The van der Waals surface area contributed by atoms with Gasteiger partial charge in [-0.3, -0.25) is 0 Å². The number of likely N-dealkylation sites (tertiary alicyclic amines) is 1. The fraction of sp³-hybridized carbons (Fsp3) is 0.381. The van der Waals surface area contributed by atoms with Crippen molar-refractivity contribution in [3.8, 4) is 11.5 Å². The van der Waals surface area contributed by atoms with Crippen molar-refractivity contribution >= 4 is 21.7 Å². The fourth-order valence-electron chi connectivity index (χ4n) is 3.43. The molecule has 0 atom stereocenters. The number of amides is 2. The van der Waals surface area contributed by atoms with E-state index in [2.05, 4.69) is 10.0 Å². The van der Waals surface area contributed by atoms with Gasteiger partial charge in [0.15, 0.2) is 0 Å². The number of benzene rings is 2. The Hall–Kier alpha value is -2.78. The second-order valence-corrected chi connectivity index (χ2v) is 8.80. The molecular formula is C21H27N3O5S. The molecular weight excluding hydrogens is 406 g/mol. The minimum Gasteiger partial charge on any atom is -0.495 e. The van der Waals surface area contributed by atoms with Crippen LogP contribution < -0.4 is 19.5 Å². The molecule has 1 aliphatic rings. The number of sulfonamides is 1. The fourth-order valence-corrected chi connectivity index (χ4v) is 4.71. The zero-order valence-corrected chi connectivity index (χ0v) is 17.9. The minimum atomic E-state index is -3.66. The van der Waals surface area contributed by atoms with Crippen LogP contribution in [-0.4, -0.2) is 53.2 Å². The zero-order chi connectivity index (χ0) is 21.6. The van der Waals surface area contributed by atoms with Gasteiger partial charge in [-0.05, 0) is 43.0 Å². The van der Waals surface area contributed by atoms with Crippen LogP contribution in [0.5, 0.6) is 11.5 Å². The maximum atomic E-state index is 12.6. The Labute approximate surface area is 177 Å². The molecule has 0 spiro atoms. The number of nitrogens with one attached hydrogen (secondary N) is 2. The monoisotopic (exact) mass is 433 g/mol. The van der Waals surface area contributed by atoms with Crippen LogP contribution in [0.4, 0.5) is 10.5 Å². The molecule has 3 rings (SSSR count). The van der Waals surface area contributed by atoms with Crippen LogP contribution in [0.3, 0.4) is 0 Å². The van der Waals surface area contributed by atoms with Crippen LogP contribution in [0.25, 0.3) is 0 Å². The second kappa shape index (κ2) is 9.82. The SMILES string of the molecule is COc1ccccc1NC(=O)N1CCC(CNS(=O)(=O)c2ccccc2OC)CC1. The van der Waals surface area contributed by atoms with Crippen LogP contribution in [0.2, 0.25) is 0 Å². The summed E-state index contributed by atoms with van der Waals surface area (Å²) >= 11 is 0. The normalized spacial score (nSPS) is 14.9. The maximum absolute atomic E-state index is 12.6.